The minimum absolute atomic E-state index is 0.0503. The van der Waals surface area contributed by atoms with Crippen LogP contribution in [0.1, 0.15) is 37.6 Å². The van der Waals surface area contributed by atoms with Crippen LogP contribution in [0.15, 0.2) is 29.8 Å². The van der Waals surface area contributed by atoms with E-state index in [1.165, 1.54) is 0 Å². The number of nitrogens with zero attached hydrogens (tertiary/aromatic N) is 4. The summed E-state index contributed by atoms with van der Waals surface area (Å²) in [6.07, 6.45) is 6.77. The van der Waals surface area contributed by atoms with Crippen LogP contribution in [0.2, 0.25) is 0 Å². The van der Waals surface area contributed by atoms with Gasteiger partial charge in [-0.25, -0.2) is 18.4 Å². The Bertz CT molecular complexity index is 999. The molecule has 0 aromatic carbocycles. The van der Waals surface area contributed by atoms with E-state index >= 15 is 0 Å². The smallest absolute Gasteiger partial charge is 0.246 e. The van der Waals surface area contributed by atoms with E-state index in [0.717, 1.165) is 35.3 Å². The highest BCUT2D eigenvalue weighted by molar-refractivity contribution is 7.90. The number of sulfone groups is 1. The third-order valence-corrected chi connectivity index (χ3v) is 5.41. The highest BCUT2D eigenvalue weighted by atomic mass is 32.2. The van der Waals surface area contributed by atoms with Gasteiger partial charge in [0.25, 0.3) is 0 Å². The van der Waals surface area contributed by atoms with Crippen molar-refractivity contribution in [3.8, 4) is 0 Å². The summed E-state index contributed by atoms with van der Waals surface area (Å²) in [4.78, 5) is 27.0. The van der Waals surface area contributed by atoms with Crippen LogP contribution in [0.5, 0.6) is 0 Å². The van der Waals surface area contributed by atoms with Crippen molar-refractivity contribution in [3.63, 3.8) is 0 Å². The van der Waals surface area contributed by atoms with Crippen LogP contribution in [0.3, 0.4) is 0 Å². The summed E-state index contributed by atoms with van der Waals surface area (Å²) in [5.41, 5.74) is 2.89. The minimum Gasteiger partial charge on any atom is -0.325 e. The Kier molecular flexibility index (Phi) is 5.49. The third kappa shape index (κ3) is 4.71. The summed E-state index contributed by atoms with van der Waals surface area (Å²) in [5.74, 6) is -0.0503. The molecular weight excluding hydrogens is 378 g/mol. The first-order chi connectivity index (χ1) is 13.0. The van der Waals surface area contributed by atoms with E-state index in [9.17, 15) is 13.2 Å². The van der Waals surface area contributed by atoms with Gasteiger partial charge in [0.2, 0.25) is 20.9 Å². The Morgan fingerprint density at radius 3 is 2.71 bits per heavy atom. The molecule has 3 heterocycles. The van der Waals surface area contributed by atoms with Gasteiger partial charge in [-0.05, 0) is 6.07 Å². The Hall–Kier alpha value is -2.39. The second kappa shape index (κ2) is 7.56. The van der Waals surface area contributed by atoms with Crippen molar-refractivity contribution in [1.82, 2.24) is 19.9 Å². The monoisotopic (exact) mass is 403 g/mol. The van der Waals surface area contributed by atoms with Gasteiger partial charge >= 0.3 is 0 Å². The number of aromatic nitrogens is 3. The van der Waals surface area contributed by atoms with Gasteiger partial charge in [-0.1, -0.05) is 20.8 Å². The average Bonchev–Trinajstić information content (AvgIpc) is 2.61. The molecule has 0 fully saturated rings. The minimum atomic E-state index is -3.41. The summed E-state index contributed by atoms with van der Waals surface area (Å²) in [6.45, 7) is 7.57. The third-order valence-electron chi connectivity index (χ3n) is 4.55. The summed E-state index contributed by atoms with van der Waals surface area (Å²) in [7, 11) is -3.41. The number of fused-ring (bicyclic) bond motifs is 1. The Labute approximate surface area is 165 Å². The molecule has 3 rings (SSSR count). The number of anilines is 1. The van der Waals surface area contributed by atoms with E-state index in [2.05, 4.69) is 25.2 Å². The fourth-order valence-electron chi connectivity index (χ4n) is 2.90. The van der Waals surface area contributed by atoms with Gasteiger partial charge in [0.15, 0.2) is 0 Å². The van der Waals surface area contributed by atoms with Crippen molar-refractivity contribution in [2.75, 3.05) is 18.1 Å². The van der Waals surface area contributed by atoms with Gasteiger partial charge in [0.1, 0.15) is 0 Å². The number of hydrogen-bond donors (Lipinski definition) is 1. The van der Waals surface area contributed by atoms with Crippen molar-refractivity contribution < 1.29 is 13.2 Å². The largest absolute Gasteiger partial charge is 0.325 e. The summed E-state index contributed by atoms with van der Waals surface area (Å²) >= 11 is 0. The molecule has 1 amide bonds. The molecule has 0 radical (unpaired) electrons. The van der Waals surface area contributed by atoms with E-state index in [-0.39, 0.29) is 11.1 Å². The first-order valence-electron chi connectivity index (χ1n) is 9.05. The zero-order chi connectivity index (χ0) is 20.5. The maximum absolute atomic E-state index is 12.3. The van der Waals surface area contributed by atoms with Crippen LogP contribution in [-0.2, 0) is 34.1 Å². The lowest BCUT2D eigenvalue weighted by molar-refractivity contribution is -0.123. The van der Waals surface area contributed by atoms with Crippen LogP contribution in [0, 0.1) is 5.41 Å². The van der Waals surface area contributed by atoms with E-state index < -0.39 is 15.3 Å². The van der Waals surface area contributed by atoms with E-state index in [0.29, 0.717) is 19.5 Å². The van der Waals surface area contributed by atoms with Crippen molar-refractivity contribution in [2.24, 2.45) is 5.41 Å². The summed E-state index contributed by atoms with van der Waals surface area (Å²) < 4.78 is 23.3. The lowest BCUT2D eigenvalue weighted by Gasteiger charge is -2.28. The maximum atomic E-state index is 12.3. The first kappa shape index (κ1) is 20.3. The van der Waals surface area contributed by atoms with Gasteiger partial charge < -0.3 is 5.32 Å². The normalized spacial score (nSPS) is 15.1. The number of rotatable bonds is 4. The number of hydrogen-bond acceptors (Lipinski definition) is 7. The standard InChI is InChI=1S/C19H25N5O3S/c1-19(2,3)17(25)22-15-5-7-20-9-13(15)11-24-8-6-16-14(12-24)10-21-18(23-16)28(4,26)27/h5,7,9-10H,6,8,11-12H2,1-4H3,(H,20,22,25). The molecule has 150 valence electrons. The lowest BCUT2D eigenvalue weighted by atomic mass is 9.95. The van der Waals surface area contributed by atoms with Crippen molar-refractivity contribution in [2.45, 2.75) is 45.4 Å². The zero-order valence-corrected chi connectivity index (χ0v) is 17.4. The molecule has 0 spiro atoms. The molecule has 0 unspecified atom stereocenters. The van der Waals surface area contributed by atoms with Crippen molar-refractivity contribution in [1.29, 1.82) is 0 Å². The number of pyridine rings is 1. The molecule has 0 aliphatic carbocycles. The second-order valence-electron chi connectivity index (χ2n) is 8.09. The molecule has 1 N–H and O–H groups in total. The molecule has 1 aliphatic rings. The number of carbonyl (C=O) groups excluding carboxylic acids is 1. The van der Waals surface area contributed by atoms with Crippen LogP contribution in [0.25, 0.3) is 0 Å². The highest BCUT2D eigenvalue weighted by Crippen LogP contribution is 2.24. The average molecular weight is 404 g/mol. The molecule has 0 bridgehead atoms. The van der Waals surface area contributed by atoms with Gasteiger partial charge in [0, 0.05) is 73.1 Å². The second-order valence-corrected chi connectivity index (χ2v) is 10.0. The molecule has 8 nitrogen and oxygen atoms in total. The summed E-state index contributed by atoms with van der Waals surface area (Å²) in [5, 5.41) is 2.86. The van der Waals surface area contributed by atoms with Crippen LogP contribution in [-0.4, -0.2) is 47.0 Å². The molecule has 0 saturated heterocycles. The predicted octanol–water partition coefficient (Wildman–Crippen LogP) is 1.82. The fourth-order valence-corrected chi connectivity index (χ4v) is 3.42. The number of amides is 1. The fraction of sp³-hybridized carbons (Fsp3) is 0.474. The van der Waals surface area contributed by atoms with Gasteiger partial charge in [-0.15, -0.1) is 0 Å². The van der Waals surface area contributed by atoms with Gasteiger partial charge in [-0.2, -0.15) is 0 Å². The Morgan fingerprint density at radius 1 is 1.29 bits per heavy atom. The Balaban J connectivity index is 1.75. The molecular formula is C19H25N5O3S. The number of carbonyl (C=O) groups is 1. The van der Waals surface area contributed by atoms with E-state index in [1.54, 1.807) is 24.7 Å². The topological polar surface area (TPSA) is 105 Å². The molecule has 2 aromatic heterocycles. The van der Waals surface area contributed by atoms with Crippen molar-refractivity contribution in [3.05, 3.63) is 41.5 Å². The number of nitrogens with one attached hydrogen (secondary N) is 1. The molecule has 9 heteroatoms. The predicted molar refractivity (Wildman–Crippen MR) is 105 cm³/mol. The van der Waals surface area contributed by atoms with E-state index in [1.807, 2.05) is 20.8 Å². The zero-order valence-electron chi connectivity index (χ0n) is 16.6. The highest BCUT2D eigenvalue weighted by Gasteiger charge is 2.24. The molecule has 28 heavy (non-hydrogen) atoms. The van der Waals surface area contributed by atoms with Crippen LogP contribution < -0.4 is 5.32 Å². The summed E-state index contributed by atoms with van der Waals surface area (Å²) in [6, 6.07) is 1.80. The quantitative estimate of drug-likeness (QED) is 0.776. The van der Waals surface area contributed by atoms with Crippen molar-refractivity contribution >= 4 is 21.4 Å². The molecule has 0 atom stereocenters. The molecule has 2 aromatic rings. The van der Waals surface area contributed by atoms with Crippen LogP contribution in [0.4, 0.5) is 5.69 Å². The van der Waals surface area contributed by atoms with Gasteiger partial charge in [-0.3, -0.25) is 14.7 Å². The molecule has 1 aliphatic heterocycles. The molecule has 0 saturated carbocycles. The van der Waals surface area contributed by atoms with E-state index in [4.69, 9.17) is 0 Å². The maximum Gasteiger partial charge on any atom is 0.246 e. The Morgan fingerprint density at radius 2 is 2.04 bits per heavy atom. The first-order valence-corrected chi connectivity index (χ1v) is 10.9. The lowest BCUT2D eigenvalue weighted by Crippen LogP contribution is -2.32. The van der Waals surface area contributed by atoms with Gasteiger partial charge in [0.05, 0.1) is 5.69 Å². The SMILES string of the molecule is CC(C)(C)C(=O)Nc1ccncc1CN1CCc2nc(S(C)(=O)=O)ncc2C1. The van der Waals surface area contributed by atoms with Crippen LogP contribution >= 0.6 is 0 Å².